The molecule has 1 aromatic carbocycles. The van der Waals surface area contributed by atoms with E-state index in [0.717, 1.165) is 36.7 Å². The van der Waals surface area contributed by atoms with E-state index < -0.39 is 6.92 Å². The molecule has 0 radical (unpaired) electrons. The van der Waals surface area contributed by atoms with E-state index in [9.17, 15) is 9.82 Å². The molecule has 0 unspecified atom stereocenters. The van der Waals surface area contributed by atoms with Gasteiger partial charge in [-0.2, -0.15) is 0 Å². The van der Waals surface area contributed by atoms with Crippen LogP contribution in [-0.2, 0) is 4.79 Å². The average Bonchev–Trinajstić information content (AvgIpc) is 2.37. The highest BCUT2D eigenvalue weighted by atomic mass is 16.2. The summed E-state index contributed by atoms with van der Waals surface area (Å²) < 4.78 is 0. The first-order chi connectivity index (χ1) is 8.67. The van der Waals surface area contributed by atoms with Crippen molar-refractivity contribution in [1.82, 2.24) is 0 Å². The maximum Gasteiger partial charge on any atom is 0.323 e. The van der Waals surface area contributed by atoms with Crippen molar-refractivity contribution in [2.45, 2.75) is 45.9 Å². The fourth-order valence-electron chi connectivity index (χ4n) is 1.79. The van der Waals surface area contributed by atoms with Crippen LogP contribution in [0.25, 0.3) is 0 Å². The first-order valence-corrected chi connectivity index (χ1v) is 6.75. The Kier molecular flexibility index (Phi) is 6.51. The molecule has 0 fully saturated rings. The third-order valence-electron chi connectivity index (χ3n) is 2.90. The van der Waals surface area contributed by atoms with Gasteiger partial charge in [-0.1, -0.05) is 38.8 Å². The van der Waals surface area contributed by atoms with Crippen LogP contribution in [0.4, 0.5) is 5.69 Å². The van der Waals surface area contributed by atoms with Crippen LogP contribution < -0.4 is 10.8 Å². The average molecular weight is 247 g/mol. The summed E-state index contributed by atoms with van der Waals surface area (Å²) in [4.78, 5) is 11.5. The van der Waals surface area contributed by atoms with Gasteiger partial charge in [-0.05, 0) is 30.3 Å². The topological polar surface area (TPSA) is 49.3 Å². The third kappa shape index (κ3) is 4.92. The van der Waals surface area contributed by atoms with Crippen LogP contribution in [0.3, 0.4) is 0 Å². The van der Waals surface area contributed by atoms with Gasteiger partial charge in [-0.3, -0.25) is 4.79 Å². The van der Waals surface area contributed by atoms with Gasteiger partial charge in [0.15, 0.2) is 0 Å². The summed E-state index contributed by atoms with van der Waals surface area (Å²) >= 11 is 0. The van der Waals surface area contributed by atoms with Crippen LogP contribution in [0.15, 0.2) is 24.3 Å². The van der Waals surface area contributed by atoms with Crippen molar-refractivity contribution >= 4 is 24.0 Å². The standard InChI is InChI=1S/C14H22BNO2/c1-3-5-6-14(17)16-13-9-7-12(8-10-13)15(18)11-4-2/h7-10,18H,3-6,11H2,1-2H3,(H,16,17). The number of amides is 1. The van der Waals surface area contributed by atoms with Crippen molar-refractivity contribution in [2.24, 2.45) is 0 Å². The van der Waals surface area contributed by atoms with E-state index in [-0.39, 0.29) is 5.91 Å². The predicted octanol–water partition coefficient (Wildman–Crippen LogP) is 2.42. The highest BCUT2D eigenvalue weighted by Crippen LogP contribution is 2.07. The van der Waals surface area contributed by atoms with Crippen molar-refractivity contribution in [3.63, 3.8) is 0 Å². The minimum absolute atomic E-state index is 0.0544. The lowest BCUT2D eigenvalue weighted by Crippen LogP contribution is -2.29. The highest BCUT2D eigenvalue weighted by molar-refractivity contribution is 6.66. The zero-order chi connectivity index (χ0) is 13.4. The third-order valence-corrected chi connectivity index (χ3v) is 2.90. The number of benzene rings is 1. The number of unbranched alkanes of at least 4 members (excludes halogenated alkanes) is 1. The smallest absolute Gasteiger partial charge is 0.323 e. The lowest BCUT2D eigenvalue weighted by molar-refractivity contribution is -0.116. The monoisotopic (exact) mass is 247 g/mol. The van der Waals surface area contributed by atoms with Gasteiger partial charge in [0.2, 0.25) is 5.91 Å². The maximum absolute atomic E-state index is 11.5. The number of carbonyl (C=O) groups excluding carboxylic acids is 1. The number of hydrogen-bond acceptors (Lipinski definition) is 2. The normalized spacial score (nSPS) is 10.2. The molecule has 0 bridgehead atoms. The van der Waals surface area contributed by atoms with Crippen LogP contribution in [0.5, 0.6) is 0 Å². The Morgan fingerprint density at radius 3 is 2.44 bits per heavy atom. The Morgan fingerprint density at radius 2 is 1.89 bits per heavy atom. The van der Waals surface area contributed by atoms with E-state index in [0.29, 0.717) is 6.42 Å². The highest BCUT2D eigenvalue weighted by Gasteiger charge is 2.12. The summed E-state index contributed by atoms with van der Waals surface area (Å²) in [5.41, 5.74) is 1.70. The molecule has 18 heavy (non-hydrogen) atoms. The molecule has 0 atom stereocenters. The number of anilines is 1. The lowest BCUT2D eigenvalue weighted by atomic mass is 9.58. The van der Waals surface area contributed by atoms with Crippen LogP contribution in [-0.4, -0.2) is 17.8 Å². The molecule has 1 aromatic rings. The Bertz CT molecular complexity index is 365. The first kappa shape index (κ1) is 14.8. The van der Waals surface area contributed by atoms with Crippen molar-refractivity contribution in [2.75, 3.05) is 5.32 Å². The molecule has 0 aliphatic heterocycles. The minimum atomic E-state index is -0.403. The van der Waals surface area contributed by atoms with Crippen LogP contribution >= 0.6 is 0 Å². The molecular formula is C14H22BNO2. The van der Waals surface area contributed by atoms with Crippen molar-refractivity contribution in [1.29, 1.82) is 0 Å². The lowest BCUT2D eigenvalue weighted by Gasteiger charge is -2.08. The van der Waals surface area contributed by atoms with Gasteiger partial charge >= 0.3 is 6.92 Å². The van der Waals surface area contributed by atoms with Gasteiger partial charge in [-0.15, -0.1) is 0 Å². The summed E-state index contributed by atoms with van der Waals surface area (Å²) in [6.07, 6.45) is 4.23. The number of rotatable bonds is 7. The largest absolute Gasteiger partial charge is 0.446 e. The van der Waals surface area contributed by atoms with E-state index in [4.69, 9.17) is 0 Å². The summed E-state index contributed by atoms with van der Waals surface area (Å²) in [7, 11) is 0. The Labute approximate surface area is 110 Å². The van der Waals surface area contributed by atoms with Gasteiger partial charge < -0.3 is 10.3 Å². The van der Waals surface area contributed by atoms with Crippen molar-refractivity contribution < 1.29 is 9.82 Å². The van der Waals surface area contributed by atoms with E-state index in [1.54, 1.807) is 0 Å². The molecule has 98 valence electrons. The number of hydrogen-bond donors (Lipinski definition) is 2. The van der Waals surface area contributed by atoms with Gasteiger partial charge in [0.05, 0.1) is 0 Å². The number of nitrogens with one attached hydrogen (secondary N) is 1. The van der Waals surface area contributed by atoms with E-state index in [1.165, 1.54) is 0 Å². The Balaban J connectivity index is 2.52. The zero-order valence-corrected chi connectivity index (χ0v) is 11.3. The molecule has 2 N–H and O–H groups in total. The Hall–Kier alpha value is -1.29. The van der Waals surface area contributed by atoms with Crippen LogP contribution in [0.2, 0.25) is 6.32 Å². The van der Waals surface area contributed by atoms with Crippen molar-refractivity contribution in [3.05, 3.63) is 24.3 Å². The fourth-order valence-corrected chi connectivity index (χ4v) is 1.79. The molecule has 0 heterocycles. The summed E-state index contributed by atoms with van der Waals surface area (Å²) in [6, 6.07) is 7.43. The first-order valence-electron chi connectivity index (χ1n) is 6.75. The molecule has 0 aliphatic rings. The minimum Gasteiger partial charge on any atom is -0.446 e. The predicted molar refractivity (Wildman–Crippen MR) is 77.3 cm³/mol. The van der Waals surface area contributed by atoms with Gasteiger partial charge in [0, 0.05) is 12.1 Å². The SMILES string of the molecule is CCCCC(=O)Nc1ccc(B(O)CCC)cc1. The molecule has 0 saturated heterocycles. The zero-order valence-electron chi connectivity index (χ0n) is 11.3. The molecule has 1 rings (SSSR count). The van der Waals surface area contributed by atoms with E-state index in [1.807, 2.05) is 31.2 Å². The number of carbonyl (C=O) groups is 1. The molecule has 0 aromatic heterocycles. The maximum atomic E-state index is 11.5. The molecule has 0 saturated carbocycles. The molecule has 0 aliphatic carbocycles. The summed E-state index contributed by atoms with van der Waals surface area (Å²) in [5.74, 6) is 0.0544. The molecule has 3 nitrogen and oxygen atoms in total. The molecular weight excluding hydrogens is 225 g/mol. The Morgan fingerprint density at radius 1 is 1.22 bits per heavy atom. The van der Waals surface area contributed by atoms with Gasteiger partial charge in [0.25, 0.3) is 0 Å². The molecule has 1 amide bonds. The van der Waals surface area contributed by atoms with E-state index >= 15 is 0 Å². The second-order valence-electron chi connectivity index (χ2n) is 4.58. The summed E-state index contributed by atoms with van der Waals surface area (Å²) in [6.45, 7) is 3.71. The molecule has 4 heteroatoms. The quantitative estimate of drug-likeness (QED) is 0.727. The van der Waals surface area contributed by atoms with Gasteiger partial charge in [-0.25, -0.2) is 0 Å². The van der Waals surface area contributed by atoms with Crippen molar-refractivity contribution in [3.8, 4) is 0 Å². The second-order valence-corrected chi connectivity index (χ2v) is 4.58. The molecule has 0 spiro atoms. The summed E-state index contributed by atoms with van der Waals surface area (Å²) in [5, 5.41) is 12.7. The van der Waals surface area contributed by atoms with Crippen LogP contribution in [0, 0.1) is 0 Å². The van der Waals surface area contributed by atoms with E-state index in [2.05, 4.69) is 12.2 Å². The van der Waals surface area contributed by atoms with Gasteiger partial charge in [0.1, 0.15) is 0 Å². The van der Waals surface area contributed by atoms with Crippen LogP contribution in [0.1, 0.15) is 39.5 Å². The second kappa shape index (κ2) is 7.93. The fraction of sp³-hybridized carbons (Fsp3) is 0.500.